The van der Waals surface area contributed by atoms with E-state index in [-0.39, 0.29) is 0 Å². The Balaban J connectivity index is 2.35. The Hall–Kier alpha value is -1.59. The molecule has 0 bridgehead atoms. The summed E-state index contributed by atoms with van der Waals surface area (Å²) < 4.78 is 5.53. The van der Waals surface area contributed by atoms with Gasteiger partial charge >= 0.3 is 0 Å². The van der Waals surface area contributed by atoms with Crippen LogP contribution in [0.2, 0.25) is 0 Å². The second-order valence-electron chi connectivity index (χ2n) is 3.99. The lowest BCUT2D eigenvalue weighted by Crippen LogP contribution is -2.05. The van der Waals surface area contributed by atoms with Crippen molar-refractivity contribution in [3.8, 4) is 16.3 Å². The average molecular weight is 263 g/mol. The SMILES string of the molecule is CCOc1ccc(-c2nc(C)c(NN)s2)cc1C. The van der Waals surface area contributed by atoms with Crippen molar-refractivity contribution in [2.75, 3.05) is 12.0 Å². The molecule has 0 aliphatic rings. The van der Waals surface area contributed by atoms with Crippen molar-refractivity contribution in [1.82, 2.24) is 4.98 Å². The van der Waals surface area contributed by atoms with Crippen LogP contribution in [0.3, 0.4) is 0 Å². The number of hydrogen-bond donors (Lipinski definition) is 2. The van der Waals surface area contributed by atoms with E-state index in [9.17, 15) is 0 Å². The Morgan fingerprint density at radius 3 is 2.72 bits per heavy atom. The van der Waals surface area contributed by atoms with Gasteiger partial charge in [-0.2, -0.15) is 0 Å². The molecule has 0 fully saturated rings. The number of hydrogen-bond acceptors (Lipinski definition) is 5. The van der Waals surface area contributed by atoms with Gasteiger partial charge in [0.05, 0.1) is 12.3 Å². The van der Waals surface area contributed by atoms with Gasteiger partial charge in [0.2, 0.25) is 0 Å². The third-order valence-electron chi connectivity index (χ3n) is 2.65. The van der Waals surface area contributed by atoms with Crippen LogP contribution in [0, 0.1) is 13.8 Å². The number of thiazole rings is 1. The Labute approximate surface area is 111 Å². The van der Waals surface area contributed by atoms with Gasteiger partial charge in [0.1, 0.15) is 15.8 Å². The van der Waals surface area contributed by atoms with Gasteiger partial charge in [-0.15, -0.1) is 0 Å². The molecule has 0 aliphatic carbocycles. The summed E-state index contributed by atoms with van der Waals surface area (Å²) in [5.74, 6) is 6.36. The summed E-state index contributed by atoms with van der Waals surface area (Å²) in [4.78, 5) is 4.50. The van der Waals surface area contributed by atoms with Crippen molar-refractivity contribution >= 4 is 16.3 Å². The van der Waals surface area contributed by atoms with Gasteiger partial charge in [-0.3, -0.25) is 0 Å². The van der Waals surface area contributed by atoms with E-state index in [4.69, 9.17) is 10.6 Å². The maximum atomic E-state index is 5.53. The molecule has 0 amide bonds. The van der Waals surface area contributed by atoms with Crippen LogP contribution in [0.4, 0.5) is 5.00 Å². The van der Waals surface area contributed by atoms with Crippen LogP contribution in [0.1, 0.15) is 18.2 Å². The van der Waals surface area contributed by atoms with Crippen LogP contribution in [0.15, 0.2) is 18.2 Å². The minimum Gasteiger partial charge on any atom is -0.494 e. The highest BCUT2D eigenvalue weighted by Gasteiger charge is 2.09. The van der Waals surface area contributed by atoms with Crippen molar-refractivity contribution in [2.24, 2.45) is 5.84 Å². The molecule has 3 N–H and O–H groups in total. The van der Waals surface area contributed by atoms with Crippen LogP contribution in [0.25, 0.3) is 10.6 Å². The maximum Gasteiger partial charge on any atom is 0.126 e. The highest BCUT2D eigenvalue weighted by atomic mass is 32.1. The second kappa shape index (κ2) is 5.37. The summed E-state index contributed by atoms with van der Waals surface area (Å²) in [5, 5.41) is 1.86. The zero-order valence-corrected chi connectivity index (χ0v) is 11.6. The zero-order chi connectivity index (χ0) is 13.1. The van der Waals surface area contributed by atoms with Gasteiger partial charge < -0.3 is 10.2 Å². The molecule has 0 saturated carbocycles. The first-order valence-corrected chi connectivity index (χ1v) is 6.65. The third kappa shape index (κ3) is 2.47. The molecule has 0 spiro atoms. The van der Waals surface area contributed by atoms with Gasteiger partial charge in [-0.05, 0) is 44.5 Å². The second-order valence-corrected chi connectivity index (χ2v) is 4.99. The smallest absolute Gasteiger partial charge is 0.126 e. The zero-order valence-electron chi connectivity index (χ0n) is 10.8. The topological polar surface area (TPSA) is 60.2 Å². The van der Waals surface area contributed by atoms with Gasteiger partial charge in [-0.25, -0.2) is 10.8 Å². The van der Waals surface area contributed by atoms with E-state index in [0.29, 0.717) is 6.61 Å². The van der Waals surface area contributed by atoms with Crippen molar-refractivity contribution in [1.29, 1.82) is 0 Å². The molecular weight excluding hydrogens is 246 g/mol. The van der Waals surface area contributed by atoms with Crippen molar-refractivity contribution in [3.63, 3.8) is 0 Å². The third-order valence-corrected chi connectivity index (χ3v) is 3.79. The van der Waals surface area contributed by atoms with Gasteiger partial charge in [0, 0.05) is 5.56 Å². The summed E-state index contributed by atoms with van der Waals surface area (Å²) in [7, 11) is 0. The van der Waals surface area contributed by atoms with Gasteiger partial charge in [0.25, 0.3) is 0 Å². The summed E-state index contributed by atoms with van der Waals surface area (Å²) in [6.45, 7) is 6.64. The standard InChI is InChI=1S/C13H17N3OS/c1-4-17-11-6-5-10(7-8(11)2)13-15-9(3)12(16-14)18-13/h5-7,16H,4,14H2,1-3H3. The number of nitrogens with two attached hydrogens (primary N) is 1. The molecule has 2 aromatic rings. The van der Waals surface area contributed by atoms with Crippen LogP contribution in [-0.2, 0) is 0 Å². The predicted octanol–water partition coefficient (Wildman–Crippen LogP) is 3.11. The predicted molar refractivity (Wildman–Crippen MR) is 76.0 cm³/mol. The first-order valence-electron chi connectivity index (χ1n) is 5.83. The largest absolute Gasteiger partial charge is 0.494 e. The summed E-state index contributed by atoms with van der Waals surface area (Å²) in [6, 6.07) is 6.10. The molecule has 1 heterocycles. The molecule has 1 aromatic heterocycles. The van der Waals surface area contributed by atoms with Gasteiger partial charge in [0.15, 0.2) is 0 Å². The number of ether oxygens (including phenoxy) is 1. The molecular formula is C13H17N3OS. The number of aryl methyl sites for hydroxylation is 2. The first kappa shape index (κ1) is 12.9. The summed E-state index contributed by atoms with van der Waals surface area (Å²) in [5.41, 5.74) is 5.79. The van der Waals surface area contributed by atoms with Crippen molar-refractivity contribution in [3.05, 3.63) is 29.5 Å². The summed E-state index contributed by atoms with van der Waals surface area (Å²) >= 11 is 1.55. The van der Waals surface area contributed by atoms with Crippen molar-refractivity contribution < 1.29 is 4.74 Å². The molecule has 96 valence electrons. The molecule has 0 unspecified atom stereocenters. The lowest BCUT2D eigenvalue weighted by atomic mass is 10.1. The van der Waals surface area contributed by atoms with E-state index in [1.165, 1.54) is 0 Å². The molecule has 2 rings (SSSR count). The highest BCUT2D eigenvalue weighted by molar-refractivity contribution is 7.19. The first-order chi connectivity index (χ1) is 8.65. The Kier molecular flexibility index (Phi) is 3.84. The lowest BCUT2D eigenvalue weighted by molar-refractivity contribution is 0.338. The van der Waals surface area contributed by atoms with E-state index in [0.717, 1.165) is 32.6 Å². The van der Waals surface area contributed by atoms with E-state index < -0.39 is 0 Å². The Morgan fingerprint density at radius 1 is 1.39 bits per heavy atom. The van der Waals surface area contributed by atoms with Crippen LogP contribution < -0.4 is 16.0 Å². The quantitative estimate of drug-likeness (QED) is 0.657. The molecule has 5 heteroatoms. The molecule has 0 atom stereocenters. The van der Waals surface area contributed by atoms with E-state index in [2.05, 4.69) is 16.5 Å². The fraction of sp³-hybridized carbons (Fsp3) is 0.308. The van der Waals surface area contributed by atoms with E-state index >= 15 is 0 Å². The minimum absolute atomic E-state index is 0.678. The average Bonchev–Trinajstić information content (AvgIpc) is 2.73. The number of nitrogens with zero attached hydrogens (tertiary/aromatic N) is 1. The Morgan fingerprint density at radius 2 is 2.17 bits per heavy atom. The molecule has 0 saturated heterocycles. The number of aromatic nitrogens is 1. The normalized spacial score (nSPS) is 10.4. The monoisotopic (exact) mass is 263 g/mol. The lowest BCUT2D eigenvalue weighted by Gasteiger charge is -2.07. The van der Waals surface area contributed by atoms with Crippen LogP contribution >= 0.6 is 11.3 Å². The number of hydrazine groups is 1. The van der Waals surface area contributed by atoms with Crippen LogP contribution in [-0.4, -0.2) is 11.6 Å². The van der Waals surface area contributed by atoms with Gasteiger partial charge in [-0.1, -0.05) is 11.3 Å². The molecule has 18 heavy (non-hydrogen) atoms. The highest BCUT2D eigenvalue weighted by Crippen LogP contribution is 2.33. The van der Waals surface area contributed by atoms with E-state index in [1.807, 2.05) is 32.9 Å². The molecule has 0 aliphatic heterocycles. The number of anilines is 1. The fourth-order valence-electron chi connectivity index (χ4n) is 1.75. The fourth-order valence-corrected chi connectivity index (χ4v) is 2.63. The number of benzene rings is 1. The van der Waals surface area contributed by atoms with E-state index in [1.54, 1.807) is 11.3 Å². The molecule has 0 radical (unpaired) electrons. The van der Waals surface area contributed by atoms with Crippen LogP contribution in [0.5, 0.6) is 5.75 Å². The number of nitrogen functional groups attached to an aromatic ring is 1. The van der Waals surface area contributed by atoms with Crippen molar-refractivity contribution in [2.45, 2.75) is 20.8 Å². The number of nitrogens with one attached hydrogen (secondary N) is 1. The minimum atomic E-state index is 0.678. The maximum absolute atomic E-state index is 5.53. The molecule has 4 nitrogen and oxygen atoms in total. The number of rotatable bonds is 4. The Bertz CT molecular complexity index is 551. The summed E-state index contributed by atoms with van der Waals surface area (Å²) in [6.07, 6.45) is 0. The molecule has 1 aromatic carbocycles.